The third-order valence-corrected chi connectivity index (χ3v) is 3.12. The van der Waals surface area contributed by atoms with Crippen LogP contribution in [-0.2, 0) is 0 Å². The molecule has 106 valence electrons. The van der Waals surface area contributed by atoms with Crippen molar-refractivity contribution >= 4 is 28.3 Å². The van der Waals surface area contributed by atoms with Crippen LogP contribution in [0.15, 0.2) is 24.3 Å². The van der Waals surface area contributed by atoms with E-state index in [0.717, 1.165) is 0 Å². The average molecular weight is 297 g/mol. The molecule has 0 atom stereocenters. The Hall–Kier alpha value is -1.89. The van der Waals surface area contributed by atoms with Crippen molar-refractivity contribution in [1.29, 1.82) is 0 Å². The van der Waals surface area contributed by atoms with Crippen LogP contribution in [-0.4, -0.2) is 45.5 Å². The minimum atomic E-state index is -0.825. The number of nitrogens with zero attached hydrogens (tertiary/aromatic N) is 1. The van der Waals surface area contributed by atoms with Crippen LogP contribution < -0.4 is 5.32 Å². The quantitative estimate of drug-likeness (QED) is 0.621. The minimum Gasteiger partial charge on any atom is -0.505 e. The lowest BCUT2D eigenvalue weighted by molar-refractivity contribution is 0.0872. The molecule has 2 rings (SSSR count). The number of halogens is 1. The number of hydrogen-bond donors (Lipinski definition) is 4. The lowest BCUT2D eigenvalue weighted by atomic mass is 10.1. The Morgan fingerprint density at radius 2 is 1.85 bits per heavy atom. The number of aliphatic hydroxyl groups excluding tert-OH is 2. The smallest absolute Gasteiger partial charge is 0.274 e. The predicted molar refractivity (Wildman–Crippen MR) is 73.8 cm³/mol. The fraction of sp³-hybridized carbons (Fsp3) is 0.231. The van der Waals surface area contributed by atoms with E-state index in [-0.39, 0.29) is 16.6 Å². The predicted octanol–water partition coefficient (Wildman–Crippen LogP) is 0.677. The van der Waals surface area contributed by atoms with Gasteiger partial charge in [-0.1, -0.05) is 35.9 Å². The van der Waals surface area contributed by atoms with Gasteiger partial charge in [0.25, 0.3) is 5.91 Å². The summed E-state index contributed by atoms with van der Waals surface area (Å²) in [6, 6.07) is 5.90. The number of carbonyl (C=O) groups is 1. The number of hydrogen-bond acceptors (Lipinski definition) is 5. The summed E-state index contributed by atoms with van der Waals surface area (Å²) >= 11 is 5.98. The summed E-state index contributed by atoms with van der Waals surface area (Å²) in [4.78, 5) is 15.8. The number of fused-ring (bicyclic) bond motifs is 1. The van der Waals surface area contributed by atoms with Crippen LogP contribution >= 0.6 is 11.6 Å². The number of aromatic nitrogens is 1. The number of rotatable bonds is 4. The van der Waals surface area contributed by atoms with Crippen molar-refractivity contribution in [3.63, 3.8) is 0 Å². The van der Waals surface area contributed by atoms with Gasteiger partial charge in [0.15, 0.2) is 11.4 Å². The second-order valence-corrected chi connectivity index (χ2v) is 4.54. The van der Waals surface area contributed by atoms with Crippen LogP contribution in [0.25, 0.3) is 10.8 Å². The topological polar surface area (TPSA) is 103 Å². The van der Waals surface area contributed by atoms with Gasteiger partial charge in [-0.3, -0.25) is 4.79 Å². The number of aromatic hydroxyl groups is 1. The van der Waals surface area contributed by atoms with Gasteiger partial charge in [-0.05, 0) is 0 Å². The van der Waals surface area contributed by atoms with Gasteiger partial charge in [-0.2, -0.15) is 0 Å². The summed E-state index contributed by atoms with van der Waals surface area (Å²) in [5.74, 6) is -1.01. The molecule has 1 amide bonds. The molecular formula is C13H13ClN2O4. The first kappa shape index (κ1) is 14.5. The largest absolute Gasteiger partial charge is 0.505 e. The van der Waals surface area contributed by atoms with Crippen LogP contribution in [0, 0.1) is 0 Å². The molecule has 1 heterocycles. The Balaban J connectivity index is 2.45. The molecule has 7 heteroatoms. The molecule has 2 aromatic rings. The van der Waals surface area contributed by atoms with E-state index in [4.69, 9.17) is 21.8 Å². The molecule has 0 aliphatic carbocycles. The standard InChI is InChI=1S/C13H13ClN2O4/c14-12-9-4-2-1-3-8(9)11(19)10(16-12)13(20)15-7(5-17)6-18/h1-4,7,17-19H,5-6H2,(H,15,20). The summed E-state index contributed by atoms with van der Waals surface area (Å²) in [7, 11) is 0. The van der Waals surface area contributed by atoms with E-state index >= 15 is 0 Å². The minimum absolute atomic E-state index is 0.0908. The summed E-state index contributed by atoms with van der Waals surface area (Å²) in [5, 5.41) is 31.3. The number of amides is 1. The van der Waals surface area contributed by atoms with Gasteiger partial charge in [0.05, 0.1) is 19.3 Å². The van der Waals surface area contributed by atoms with Gasteiger partial charge < -0.3 is 20.6 Å². The zero-order chi connectivity index (χ0) is 14.7. The first-order chi connectivity index (χ1) is 9.58. The molecule has 0 aliphatic heterocycles. The molecule has 0 saturated heterocycles. The first-order valence-corrected chi connectivity index (χ1v) is 6.26. The fourth-order valence-corrected chi connectivity index (χ4v) is 2.02. The van der Waals surface area contributed by atoms with E-state index in [9.17, 15) is 9.90 Å². The van der Waals surface area contributed by atoms with Gasteiger partial charge in [0, 0.05) is 10.8 Å². The second kappa shape index (κ2) is 6.04. The van der Waals surface area contributed by atoms with Crippen LogP contribution in [0.4, 0.5) is 0 Å². The zero-order valence-corrected chi connectivity index (χ0v) is 11.1. The van der Waals surface area contributed by atoms with Crippen LogP contribution in [0.3, 0.4) is 0 Å². The third kappa shape index (κ3) is 2.67. The fourth-order valence-electron chi connectivity index (χ4n) is 1.77. The number of aliphatic hydroxyl groups is 2. The Kier molecular flexibility index (Phi) is 4.39. The zero-order valence-electron chi connectivity index (χ0n) is 10.4. The molecule has 0 radical (unpaired) electrons. The molecule has 0 bridgehead atoms. The first-order valence-electron chi connectivity index (χ1n) is 5.88. The van der Waals surface area contributed by atoms with Gasteiger partial charge in [-0.15, -0.1) is 0 Å². The van der Waals surface area contributed by atoms with Gasteiger partial charge >= 0.3 is 0 Å². The Labute approximate surface area is 119 Å². The van der Waals surface area contributed by atoms with Crippen molar-refractivity contribution in [2.45, 2.75) is 6.04 Å². The maximum absolute atomic E-state index is 12.0. The van der Waals surface area contributed by atoms with E-state index in [0.29, 0.717) is 10.8 Å². The van der Waals surface area contributed by atoms with Crippen molar-refractivity contribution in [3.8, 4) is 5.75 Å². The lowest BCUT2D eigenvalue weighted by Gasteiger charge is -2.14. The number of nitrogens with one attached hydrogen (secondary N) is 1. The van der Waals surface area contributed by atoms with Crippen molar-refractivity contribution in [3.05, 3.63) is 35.1 Å². The SMILES string of the molecule is O=C(NC(CO)CO)c1nc(Cl)c2ccccc2c1O. The van der Waals surface area contributed by atoms with Gasteiger partial charge in [0.1, 0.15) is 5.15 Å². The number of carbonyl (C=O) groups excluding carboxylic acids is 1. The second-order valence-electron chi connectivity index (χ2n) is 4.18. The molecule has 20 heavy (non-hydrogen) atoms. The molecule has 0 unspecified atom stereocenters. The highest BCUT2D eigenvalue weighted by Crippen LogP contribution is 2.31. The summed E-state index contributed by atoms with van der Waals surface area (Å²) in [5.41, 5.74) is -0.249. The number of pyridine rings is 1. The number of benzene rings is 1. The van der Waals surface area contributed by atoms with Gasteiger partial charge in [0.2, 0.25) is 0 Å². The highest BCUT2D eigenvalue weighted by Gasteiger charge is 2.20. The maximum Gasteiger partial charge on any atom is 0.274 e. The molecule has 1 aromatic heterocycles. The third-order valence-electron chi connectivity index (χ3n) is 2.83. The highest BCUT2D eigenvalue weighted by atomic mass is 35.5. The van der Waals surface area contributed by atoms with Crippen molar-refractivity contribution in [2.24, 2.45) is 0 Å². The average Bonchev–Trinajstić information content (AvgIpc) is 2.48. The molecular weight excluding hydrogens is 284 g/mol. The van der Waals surface area contributed by atoms with E-state index in [1.807, 2.05) is 0 Å². The van der Waals surface area contributed by atoms with Crippen LogP contribution in [0.1, 0.15) is 10.5 Å². The Morgan fingerprint density at radius 1 is 1.25 bits per heavy atom. The lowest BCUT2D eigenvalue weighted by Crippen LogP contribution is -2.40. The van der Waals surface area contributed by atoms with Crippen molar-refractivity contribution in [1.82, 2.24) is 10.3 Å². The van der Waals surface area contributed by atoms with E-state index < -0.39 is 25.2 Å². The molecule has 0 saturated carbocycles. The molecule has 0 fully saturated rings. The van der Waals surface area contributed by atoms with E-state index in [1.165, 1.54) is 0 Å². The molecule has 4 N–H and O–H groups in total. The van der Waals surface area contributed by atoms with E-state index in [1.54, 1.807) is 24.3 Å². The Morgan fingerprint density at radius 3 is 2.45 bits per heavy atom. The summed E-state index contributed by atoms with van der Waals surface area (Å²) < 4.78 is 0. The summed E-state index contributed by atoms with van der Waals surface area (Å²) in [6.07, 6.45) is 0. The normalized spacial score (nSPS) is 11.0. The van der Waals surface area contributed by atoms with Gasteiger partial charge in [-0.25, -0.2) is 4.98 Å². The van der Waals surface area contributed by atoms with Crippen molar-refractivity contribution < 1.29 is 20.1 Å². The Bertz CT molecular complexity index is 644. The highest BCUT2D eigenvalue weighted by molar-refractivity contribution is 6.34. The van der Waals surface area contributed by atoms with Crippen LogP contribution in [0.2, 0.25) is 5.15 Å². The van der Waals surface area contributed by atoms with E-state index in [2.05, 4.69) is 10.3 Å². The maximum atomic E-state index is 12.0. The molecule has 6 nitrogen and oxygen atoms in total. The van der Waals surface area contributed by atoms with Crippen LogP contribution in [0.5, 0.6) is 5.75 Å². The molecule has 1 aromatic carbocycles. The van der Waals surface area contributed by atoms with Crippen molar-refractivity contribution in [2.75, 3.05) is 13.2 Å². The monoisotopic (exact) mass is 296 g/mol. The molecule has 0 spiro atoms. The summed E-state index contributed by atoms with van der Waals surface area (Å²) in [6.45, 7) is -0.853. The molecule has 0 aliphatic rings.